The molecule has 1 aromatic heterocycles. The van der Waals surface area contributed by atoms with E-state index < -0.39 is 0 Å². The minimum Gasteiger partial charge on any atom is -0.261 e. The molecule has 26 heavy (non-hydrogen) atoms. The van der Waals surface area contributed by atoms with Crippen molar-refractivity contribution in [1.29, 1.82) is 5.26 Å². The van der Waals surface area contributed by atoms with E-state index in [4.69, 9.17) is 0 Å². The first-order valence-electron chi connectivity index (χ1n) is 8.29. The zero-order valence-corrected chi connectivity index (χ0v) is 15.0. The number of nitriles is 1. The molecule has 0 bridgehead atoms. The predicted octanol–water partition coefficient (Wildman–Crippen LogP) is 4.47. The lowest BCUT2D eigenvalue weighted by Crippen LogP contribution is -2.03. The molecule has 5 heteroatoms. The van der Waals surface area contributed by atoms with Gasteiger partial charge in [-0.2, -0.15) is 10.4 Å². The molecule has 0 fully saturated rings. The molecule has 3 rings (SSSR count). The number of hydrazone groups is 1. The quantitative estimate of drug-likeness (QED) is 0.561. The number of hydrogen-bond acceptors (Lipinski definition) is 5. The van der Waals surface area contributed by atoms with Crippen LogP contribution >= 0.6 is 0 Å². The maximum atomic E-state index is 9.31. The van der Waals surface area contributed by atoms with E-state index >= 15 is 0 Å². The molecule has 0 saturated carbocycles. The Hall–Kier alpha value is -3.52. The second-order valence-corrected chi connectivity index (χ2v) is 6.02. The van der Waals surface area contributed by atoms with Crippen LogP contribution in [0.2, 0.25) is 0 Å². The third-order valence-electron chi connectivity index (χ3n) is 3.97. The van der Waals surface area contributed by atoms with Crippen LogP contribution in [0.1, 0.15) is 29.4 Å². The van der Waals surface area contributed by atoms with Crippen LogP contribution in [-0.2, 0) is 0 Å². The molecule has 0 radical (unpaired) electrons. The third-order valence-corrected chi connectivity index (χ3v) is 3.97. The predicted molar refractivity (Wildman–Crippen MR) is 104 cm³/mol. The summed E-state index contributed by atoms with van der Waals surface area (Å²) in [7, 11) is 0. The molecule has 0 unspecified atom stereocenters. The van der Waals surface area contributed by atoms with Crippen LogP contribution in [0.25, 0.3) is 11.3 Å². The average Bonchev–Trinajstić information content (AvgIpc) is 2.66. The minimum atomic E-state index is 0.580. The lowest BCUT2D eigenvalue weighted by Gasteiger charge is -2.08. The van der Waals surface area contributed by atoms with Crippen molar-refractivity contribution in [2.75, 3.05) is 5.43 Å². The fourth-order valence-electron chi connectivity index (χ4n) is 2.57. The van der Waals surface area contributed by atoms with E-state index in [0.717, 1.165) is 16.8 Å². The number of aryl methyl sites for hydroxylation is 2. The van der Waals surface area contributed by atoms with Gasteiger partial charge in [0, 0.05) is 11.6 Å². The number of hydrogen-bond donors (Lipinski definition) is 1. The van der Waals surface area contributed by atoms with Gasteiger partial charge in [0.15, 0.2) is 0 Å². The topological polar surface area (TPSA) is 74.0 Å². The Labute approximate surface area is 153 Å². The van der Waals surface area contributed by atoms with Gasteiger partial charge in [0.25, 0.3) is 0 Å². The molecule has 2 aromatic carbocycles. The average molecular weight is 341 g/mol. The van der Waals surface area contributed by atoms with Gasteiger partial charge in [0.1, 0.15) is 11.6 Å². The van der Waals surface area contributed by atoms with Crippen molar-refractivity contribution in [2.45, 2.75) is 20.8 Å². The van der Waals surface area contributed by atoms with E-state index in [-0.39, 0.29) is 0 Å². The van der Waals surface area contributed by atoms with Gasteiger partial charge in [0.05, 0.1) is 23.0 Å². The Morgan fingerprint density at radius 1 is 1.04 bits per heavy atom. The molecule has 0 atom stereocenters. The summed E-state index contributed by atoms with van der Waals surface area (Å²) < 4.78 is 0. The van der Waals surface area contributed by atoms with Crippen molar-refractivity contribution in [3.05, 3.63) is 77.1 Å². The molecule has 0 saturated heterocycles. The Balaban J connectivity index is 1.90. The summed E-state index contributed by atoms with van der Waals surface area (Å²) in [6, 6.07) is 19.6. The van der Waals surface area contributed by atoms with Crippen LogP contribution in [0.4, 0.5) is 5.82 Å². The molecule has 0 aliphatic heterocycles. The van der Waals surface area contributed by atoms with Gasteiger partial charge < -0.3 is 0 Å². The Kier molecular flexibility index (Phi) is 5.04. The SMILES string of the molecule is CC(=NNc1cc(-c2ccccc2C#N)nc(C)n1)c1ccc(C)cc1. The number of benzene rings is 2. The van der Waals surface area contributed by atoms with Crippen molar-refractivity contribution in [2.24, 2.45) is 5.10 Å². The van der Waals surface area contributed by atoms with Crippen LogP contribution in [0.15, 0.2) is 59.7 Å². The highest BCUT2D eigenvalue weighted by Gasteiger charge is 2.08. The van der Waals surface area contributed by atoms with Gasteiger partial charge in [-0.25, -0.2) is 9.97 Å². The zero-order chi connectivity index (χ0) is 18.5. The number of nitrogens with zero attached hydrogens (tertiary/aromatic N) is 4. The molecule has 1 N–H and O–H groups in total. The van der Waals surface area contributed by atoms with Crippen LogP contribution in [-0.4, -0.2) is 15.7 Å². The number of rotatable bonds is 4. The van der Waals surface area contributed by atoms with E-state index in [0.29, 0.717) is 22.9 Å². The maximum absolute atomic E-state index is 9.31. The number of nitrogens with one attached hydrogen (secondary N) is 1. The molecule has 3 aromatic rings. The maximum Gasteiger partial charge on any atom is 0.150 e. The minimum absolute atomic E-state index is 0.580. The summed E-state index contributed by atoms with van der Waals surface area (Å²) in [5.74, 6) is 1.20. The summed E-state index contributed by atoms with van der Waals surface area (Å²) in [5.41, 5.74) is 8.17. The van der Waals surface area contributed by atoms with Crippen LogP contribution < -0.4 is 5.43 Å². The standard InChI is InChI=1S/C21H19N5/c1-14-8-10-17(11-9-14)15(2)25-26-21-12-20(23-16(3)24-21)19-7-5-4-6-18(19)13-22/h4-12H,1-3H3,(H,23,24,26). The highest BCUT2D eigenvalue weighted by Crippen LogP contribution is 2.23. The van der Waals surface area contributed by atoms with Crippen LogP contribution in [0.5, 0.6) is 0 Å². The lowest BCUT2D eigenvalue weighted by atomic mass is 10.1. The Bertz CT molecular complexity index is 998. The van der Waals surface area contributed by atoms with Crippen LogP contribution in [0.3, 0.4) is 0 Å². The molecule has 1 heterocycles. The largest absolute Gasteiger partial charge is 0.261 e. The van der Waals surface area contributed by atoms with E-state index in [1.165, 1.54) is 5.56 Å². The second kappa shape index (κ2) is 7.58. The van der Waals surface area contributed by atoms with E-state index in [1.54, 1.807) is 12.1 Å². The number of anilines is 1. The first kappa shape index (κ1) is 17.3. The molecular weight excluding hydrogens is 322 g/mol. The molecule has 0 aliphatic carbocycles. The molecular formula is C21H19N5. The second-order valence-electron chi connectivity index (χ2n) is 6.02. The van der Waals surface area contributed by atoms with Gasteiger partial charge >= 0.3 is 0 Å². The van der Waals surface area contributed by atoms with E-state index in [1.807, 2.05) is 44.2 Å². The van der Waals surface area contributed by atoms with Gasteiger partial charge in [0.2, 0.25) is 0 Å². The highest BCUT2D eigenvalue weighted by atomic mass is 15.3. The number of aromatic nitrogens is 2. The lowest BCUT2D eigenvalue weighted by molar-refractivity contribution is 1.05. The monoisotopic (exact) mass is 341 g/mol. The zero-order valence-electron chi connectivity index (χ0n) is 15.0. The van der Waals surface area contributed by atoms with Crippen molar-refractivity contribution in [3.8, 4) is 17.3 Å². The van der Waals surface area contributed by atoms with Gasteiger partial charge in [-0.05, 0) is 32.4 Å². The summed E-state index contributed by atoms with van der Waals surface area (Å²) in [4.78, 5) is 8.84. The summed E-state index contributed by atoms with van der Waals surface area (Å²) in [6.45, 7) is 5.82. The first-order valence-corrected chi connectivity index (χ1v) is 8.29. The normalized spacial score (nSPS) is 11.1. The molecule has 0 spiro atoms. The van der Waals surface area contributed by atoms with Crippen molar-refractivity contribution < 1.29 is 0 Å². The Morgan fingerprint density at radius 2 is 1.77 bits per heavy atom. The summed E-state index contributed by atoms with van der Waals surface area (Å²) in [6.07, 6.45) is 0. The molecule has 0 amide bonds. The summed E-state index contributed by atoms with van der Waals surface area (Å²) >= 11 is 0. The smallest absolute Gasteiger partial charge is 0.150 e. The van der Waals surface area contributed by atoms with Crippen molar-refractivity contribution in [3.63, 3.8) is 0 Å². The van der Waals surface area contributed by atoms with Crippen LogP contribution in [0, 0.1) is 25.2 Å². The van der Waals surface area contributed by atoms with E-state index in [9.17, 15) is 5.26 Å². The molecule has 0 aliphatic rings. The summed E-state index contributed by atoms with van der Waals surface area (Å²) in [5, 5.41) is 13.7. The van der Waals surface area contributed by atoms with E-state index in [2.05, 4.69) is 45.6 Å². The van der Waals surface area contributed by atoms with Crippen molar-refractivity contribution >= 4 is 11.5 Å². The first-order chi connectivity index (χ1) is 12.6. The van der Waals surface area contributed by atoms with Crippen molar-refractivity contribution in [1.82, 2.24) is 9.97 Å². The van der Waals surface area contributed by atoms with Gasteiger partial charge in [-0.15, -0.1) is 0 Å². The fraction of sp³-hybridized carbons (Fsp3) is 0.143. The molecule has 128 valence electrons. The third kappa shape index (κ3) is 3.93. The highest BCUT2D eigenvalue weighted by molar-refractivity contribution is 5.99. The fourth-order valence-corrected chi connectivity index (χ4v) is 2.57. The van der Waals surface area contributed by atoms with Gasteiger partial charge in [-0.1, -0.05) is 48.0 Å². The molecule has 5 nitrogen and oxygen atoms in total. The van der Waals surface area contributed by atoms with Gasteiger partial charge in [-0.3, -0.25) is 5.43 Å². The Morgan fingerprint density at radius 3 is 2.50 bits per heavy atom.